The summed E-state index contributed by atoms with van der Waals surface area (Å²) in [7, 11) is 1.89. The number of furan rings is 1. The molecule has 1 N–H and O–H groups in total. The Bertz CT molecular complexity index is 479. The molecule has 0 amide bonds. The lowest BCUT2D eigenvalue weighted by Crippen LogP contribution is -2.03. The Kier molecular flexibility index (Phi) is 4.81. The summed E-state index contributed by atoms with van der Waals surface area (Å²) in [6.07, 6.45) is 0. The van der Waals surface area contributed by atoms with Crippen LogP contribution < -0.4 is 5.32 Å². The predicted octanol–water partition coefficient (Wildman–Crippen LogP) is 3.37. The van der Waals surface area contributed by atoms with Gasteiger partial charge in [-0.1, -0.05) is 23.7 Å². The van der Waals surface area contributed by atoms with Crippen molar-refractivity contribution in [2.75, 3.05) is 7.05 Å². The number of halogens is 1. The summed E-state index contributed by atoms with van der Waals surface area (Å²) in [4.78, 5) is 0. The Morgan fingerprint density at radius 1 is 1.06 bits per heavy atom. The van der Waals surface area contributed by atoms with Crippen LogP contribution in [0.2, 0.25) is 5.02 Å². The Hall–Kier alpha value is -1.29. The Balaban J connectivity index is 1.79. The highest BCUT2D eigenvalue weighted by Crippen LogP contribution is 2.12. The molecule has 0 saturated carbocycles. The standard InChI is InChI=1S/C14H16ClNO2/c1-16-8-13-6-7-14(18-13)10-17-9-11-2-4-12(15)5-3-11/h2-7,16H,8-10H2,1H3. The second-order valence-corrected chi connectivity index (χ2v) is 4.45. The third kappa shape index (κ3) is 3.88. The molecule has 1 heterocycles. The maximum absolute atomic E-state index is 5.81. The van der Waals surface area contributed by atoms with Crippen LogP contribution in [0.1, 0.15) is 17.1 Å². The molecule has 0 aliphatic rings. The smallest absolute Gasteiger partial charge is 0.129 e. The fourth-order valence-corrected chi connectivity index (χ4v) is 1.75. The van der Waals surface area contributed by atoms with Crippen LogP contribution in [-0.4, -0.2) is 7.05 Å². The fraction of sp³-hybridized carbons (Fsp3) is 0.286. The van der Waals surface area contributed by atoms with Crippen molar-refractivity contribution in [3.63, 3.8) is 0 Å². The lowest BCUT2D eigenvalue weighted by Gasteiger charge is -2.02. The minimum absolute atomic E-state index is 0.479. The zero-order chi connectivity index (χ0) is 12.8. The molecule has 0 bridgehead atoms. The molecule has 1 aromatic heterocycles. The average Bonchev–Trinajstić information content (AvgIpc) is 2.80. The zero-order valence-corrected chi connectivity index (χ0v) is 11.0. The van der Waals surface area contributed by atoms with Crippen molar-refractivity contribution >= 4 is 11.6 Å². The molecule has 0 aliphatic heterocycles. The quantitative estimate of drug-likeness (QED) is 0.870. The van der Waals surface area contributed by atoms with Crippen molar-refractivity contribution in [2.45, 2.75) is 19.8 Å². The van der Waals surface area contributed by atoms with Crippen LogP contribution >= 0.6 is 11.6 Å². The van der Waals surface area contributed by atoms with Crippen LogP contribution in [-0.2, 0) is 24.5 Å². The molecule has 0 aliphatic carbocycles. The van der Waals surface area contributed by atoms with Gasteiger partial charge in [0.2, 0.25) is 0 Å². The van der Waals surface area contributed by atoms with Gasteiger partial charge in [-0.15, -0.1) is 0 Å². The topological polar surface area (TPSA) is 34.4 Å². The SMILES string of the molecule is CNCc1ccc(COCc2ccc(Cl)cc2)o1. The van der Waals surface area contributed by atoms with Gasteiger partial charge in [0.1, 0.15) is 18.1 Å². The molecule has 0 radical (unpaired) electrons. The van der Waals surface area contributed by atoms with Crippen molar-refractivity contribution in [1.29, 1.82) is 0 Å². The van der Waals surface area contributed by atoms with Crippen LogP contribution in [0.25, 0.3) is 0 Å². The van der Waals surface area contributed by atoms with Crippen molar-refractivity contribution in [3.8, 4) is 0 Å². The highest BCUT2D eigenvalue weighted by molar-refractivity contribution is 6.30. The highest BCUT2D eigenvalue weighted by Gasteiger charge is 2.01. The lowest BCUT2D eigenvalue weighted by molar-refractivity contribution is 0.0920. The molecule has 1 aromatic carbocycles. The Morgan fingerprint density at radius 3 is 2.50 bits per heavy atom. The molecule has 3 nitrogen and oxygen atoms in total. The van der Waals surface area contributed by atoms with Gasteiger partial charge in [0.25, 0.3) is 0 Å². The average molecular weight is 266 g/mol. The van der Waals surface area contributed by atoms with E-state index in [1.807, 2.05) is 43.4 Å². The first-order chi connectivity index (χ1) is 8.78. The normalized spacial score (nSPS) is 10.8. The van der Waals surface area contributed by atoms with Crippen molar-refractivity contribution in [2.24, 2.45) is 0 Å². The maximum atomic E-state index is 5.81. The number of ether oxygens (including phenoxy) is 1. The van der Waals surface area contributed by atoms with Gasteiger partial charge in [-0.2, -0.15) is 0 Å². The minimum atomic E-state index is 0.479. The van der Waals surface area contributed by atoms with Gasteiger partial charge in [0.15, 0.2) is 0 Å². The first-order valence-electron chi connectivity index (χ1n) is 5.82. The fourth-order valence-electron chi connectivity index (χ4n) is 1.62. The molecule has 0 unspecified atom stereocenters. The first-order valence-corrected chi connectivity index (χ1v) is 6.20. The Labute approximate surface area is 112 Å². The van der Waals surface area contributed by atoms with Crippen LogP contribution in [0.15, 0.2) is 40.8 Å². The largest absolute Gasteiger partial charge is 0.462 e. The third-order valence-corrected chi connectivity index (χ3v) is 2.75. The van der Waals surface area contributed by atoms with Gasteiger partial charge >= 0.3 is 0 Å². The minimum Gasteiger partial charge on any atom is -0.462 e. The summed E-state index contributed by atoms with van der Waals surface area (Å²) >= 11 is 5.81. The monoisotopic (exact) mass is 265 g/mol. The van der Waals surface area contributed by atoms with E-state index in [2.05, 4.69) is 5.32 Å². The number of rotatable bonds is 6. The molecule has 2 aromatic rings. The molecule has 96 valence electrons. The van der Waals surface area contributed by atoms with Gasteiger partial charge < -0.3 is 14.5 Å². The van der Waals surface area contributed by atoms with Crippen molar-refractivity contribution in [3.05, 3.63) is 58.5 Å². The molecule has 2 rings (SSSR count). The van der Waals surface area contributed by atoms with Gasteiger partial charge in [0, 0.05) is 5.02 Å². The van der Waals surface area contributed by atoms with E-state index >= 15 is 0 Å². The predicted molar refractivity (Wildman–Crippen MR) is 71.4 cm³/mol. The van der Waals surface area contributed by atoms with E-state index in [9.17, 15) is 0 Å². The number of nitrogens with one attached hydrogen (secondary N) is 1. The number of hydrogen-bond donors (Lipinski definition) is 1. The van der Waals surface area contributed by atoms with Gasteiger partial charge in [-0.25, -0.2) is 0 Å². The van der Waals surface area contributed by atoms with Crippen LogP contribution in [0, 0.1) is 0 Å². The summed E-state index contributed by atoms with van der Waals surface area (Å²) in [5.74, 6) is 1.76. The summed E-state index contributed by atoms with van der Waals surface area (Å²) in [6, 6.07) is 11.5. The first kappa shape index (κ1) is 13.1. The molecule has 0 spiro atoms. The van der Waals surface area contributed by atoms with Crippen molar-refractivity contribution < 1.29 is 9.15 Å². The molecular formula is C14H16ClNO2. The summed E-state index contributed by atoms with van der Waals surface area (Å²) in [5.41, 5.74) is 1.10. The van der Waals surface area contributed by atoms with Crippen LogP contribution in [0.5, 0.6) is 0 Å². The van der Waals surface area contributed by atoms with Crippen LogP contribution in [0.3, 0.4) is 0 Å². The van der Waals surface area contributed by atoms with E-state index in [1.165, 1.54) is 0 Å². The number of hydrogen-bond acceptors (Lipinski definition) is 3. The van der Waals surface area contributed by atoms with Crippen LogP contribution in [0.4, 0.5) is 0 Å². The molecule has 18 heavy (non-hydrogen) atoms. The zero-order valence-electron chi connectivity index (χ0n) is 10.3. The molecule has 4 heteroatoms. The molecule has 0 atom stereocenters. The summed E-state index contributed by atoms with van der Waals surface area (Å²) in [5, 5.41) is 3.77. The van der Waals surface area contributed by atoms with E-state index in [0.717, 1.165) is 28.7 Å². The molecule has 0 fully saturated rings. The van der Waals surface area contributed by atoms with E-state index in [4.69, 9.17) is 20.8 Å². The van der Waals surface area contributed by atoms with E-state index in [0.29, 0.717) is 13.2 Å². The number of benzene rings is 1. The van der Waals surface area contributed by atoms with E-state index in [1.54, 1.807) is 0 Å². The highest BCUT2D eigenvalue weighted by atomic mass is 35.5. The maximum Gasteiger partial charge on any atom is 0.129 e. The Morgan fingerprint density at radius 2 is 1.78 bits per heavy atom. The van der Waals surface area contributed by atoms with Gasteiger partial charge in [-0.3, -0.25) is 0 Å². The molecular weight excluding hydrogens is 250 g/mol. The van der Waals surface area contributed by atoms with Gasteiger partial charge in [0.05, 0.1) is 13.2 Å². The summed E-state index contributed by atoms with van der Waals surface area (Å²) < 4.78 is 11.2. The second kappa shape index (κ2) is 6.59. The molecule has 0 saturated heterocycles. The van der Waals surface area contributed by atoms with Gasteiger partial charge in [-0.05, 0) is 36.9 Å². The third-order valence-electron chi connectivity index (χ3n) is 2.49. The van der Waals surface area contributed by atoms with E-state index < -0.39 is 0 Å². The van der Waals surface area contributed by atoms with E-state index in [-0.39, 0.29) is 0 Å². The lowest BCUT2D eigenvalue weighted by atomic mass is 10.2. The van der Waals surface area contributed by atoms with Crippen molar-refractivity contribution in [1.82, 2.24) is 5.32 Å². The second-order valence-electron chi connectivity index (χ2n) is 4.02. The summed E-state index contributed by atoms with van der Waals surface area (Å²) in [6.45, 7) is 1.77.